The average molecular weight is 274 g/mol. The van der Waals surface area contributed by atoms with E-state index in [4.69, 9.17) is 0 Å². The van der Waals surface area contributed by atoms with Gasteiger partial charge in [-0.25, -0.2) is 0 Å². The van der Waals surface area contributed by atoms with Crippen LogP contribution in [0.3, 0.4) is 0 Å². The first-order valence-electron chi connectivity index (χ1n) is 6.12. The first-order chi connectivity index (χ1) is 8.22. The summed E-state index contributed by atoms with van der Waals surface area (Å²) in [5.41, 5.74) is 0. The van der Waals surface area contributed by atoms with Crippen LogP contribution in [0.25, 0.3) is 0 Å². The Bertz CT molecular complexity index is 248. The molecule has 1 N–H and O–H groups in total. The number of hydrogen-bond donors (Lipinski definition) is 1. The van der Waals surface area contributed by atoms with Crippen molar-refractivity contribution in [1.29, 1.82) is 0 Å². The Hall–Kier alpha value is -0.430. The van der Waals surface area contributed by atoms with E-state index in [-0.39, 0.29) is 6.04 Å². The van der Waals surface area contributed by atoms with Crippen LogP contribution in [0.2, 0.25) is 0 Å². The van der Waals surface area contributed by atoms with Crippen LogP contribution in [0.15, 0.2) is 0 Å². The van der Waals surface area contributed by atoms with Gasteiger partial charge in [-0.05, 0) is 32.9 Å². The molecule has 0 radical (unpaired) electrons. The lowest BCUT2D eigenvalue weighted by Crippen LogP contribution is -2.50. The molecule has 0 saturated carbocycles. The predicted molar refractivity (Wildman–Crippen MR) is 58.8 cm³/mol. The van der Waals surface area contributed by atoms with Crippen molar-refractivity contribution in [1.82, 2.24) is 10.2 Å². The van der Waals surface area contributed by atoms with E-state index >= 15 is 0 Å². The highest BCUT2D eigenvalue weighted by atomic mass is 19.4. The van der Waals surface area contributed by atoms with Crippen molar-refractivity contribution in [2.75, 3.05) is 26.2 Å². The molecule has 0 spiro atoms. The smallest absolute Gasteiger partial charge is 0.307 e. The zero-order chi connectivity index (χ0) is 13.8. The molecule has 1 heterocycles. The molecule has 1 saturated heterocycles. The van der Waals surface area contributed by atoms with Gasteiger partial charge in [0.05, 0.1) is 6.54 Å². The van der Waals surface area contributed by atoms with Crippen molar-refractivity contribution in [3.8, 4) is 0 Å². The van der Waals surface area contributed by atoms with Gasteiger partial charge >= 0.3 is 12.1 Å². The summed E-state index contributed by atoms with van der Waals surface area (Å²) in [5, 5.41) is 2.27. The quantitative estimate of drug-likeness (QED) is 0.775. The molecule has 2 nitrogen and oxygen atoms in total. The highest BCUT2D eigenvalue weighted by Crippen LogP contribution is 2.34. The van der Waals surface area contributed by atoms with E-state index in [1.807, 2.05) is 0 Å². The minimum absolute atomic E-state index is 0.378. The minimum atomic E-state index is -5.48. The lowest BCUT2D eigenvalue weighted by Gasteiger charge is -2.30. The molecule has 1 rings (SSSR count). The molecule has 1 aliphatic heterocycles. The Morgan fingerprint density at radius 2 is 1.61 bits per heavy atom. The normalized spacial score (nSPS) is 21.0. The van der Waals surface area contributed by atoms with Gasteiger partial charge in [-0.1, -0.05) is 6.42 Å². The minimum Gasteiger partial charge on any atom is -0.307 e. The van der Waals surface area contributed by atoms with E-state index in [1.54, 1.807) is 6.92 Å². The van der Waals surface area contributed by atoms with Gasteiger partial charge in [0.1, 0.15) is 0 Å². The number of nitrogens with zero attached hydrogens (tertiary/aromatic N) is 1. The topological polar surface area (TPSA) is 15.3 Å². The van der Waals surface area contributed by atoms with Crippen LogP contribution in [0.4, 0.5) is 22.0 Å². The summed E-state index contributed by atoms with van der Waals surface area (Å²) in [6.45, 7) is 2.56. The van der Waals surface area contributed by atoms with Crippen molar-refractivity contribution in [3.63, 3.8) is 0 Å². The molecular weight excluding hydrogens is 255 g/mol. The van der Waals surface area contributed by atoms with Gasteiger partial charge in [-0.3, -0.25) is 0 Å². The van der Waals surface area contributed by atoms with Crippen LogP contribution >= 0.6 is 0 Å². The Morgan fingerprint density at radius 3 is 2.11 bits per heavy atom. The third kappa shape index (κ3) is 4.68. The Kier molecular flexibility index (Phi) is 5.33. The largest absolute Gasteiger partial charge is 0.454 e. The fourth-order valence-electron chi connectivity index (χ4n) is 2.00. The molecule has 1 atom stereocenters. The van der Waals surface area contributed by atoms with E-state index in [9.17, 15) is 22.0 Å². The average Bonchev–Trinajstić information content (AvgIpc) is 2.26. The van der Waals surface area contributed by atoms with Gasteiger partial charge in [-0.2, -0.15) is 22.0 Å². The van der Waals surface area contributed by atoms with Crippen LogP contribution in [-0.4, -0.2) is 49.2 Å². The van der Waals surface area contributed by atoms with Crippen molar-refractivity contribution < 1.29 is 22.0 Å². The lowest BCUT2D eigenvalue weighted by atomic mass is 10.1. The summed E-state index contributed by atoms with van der Waals surface area (Å²) >= 11 is 0. The first kappa shape index (κ1) is 15.6. The SMILES string of the molecule is CC(CN1CCCCC1)NCC(F)(F)C(F)(F)F. The summed E-state index contributed by atoms with van der Waals surface area (Å²) < 4.78 is 61.2. The standard InChI is InChI=1S/C11H19F5N2/c1-9(7-18-5-3-2-4-6-18)17-8-10(12,13)11(14,15)16/h9,17H,2-8H2,1H3. The van der Waals surface area contributed by atoms with Gasteiger partial charge in [0.15, 0.2) is 0 Å². The third-order valence-electron chi connectivity index (χ3n) is 3.07. The first-order valence-corrected chi connectivity index (χ1v) is 6.12. The van der Waals surface area contributed by atoms with E-state index in [1.165, 1.54) is 0 Å². The molecule has 0 aromatic carbocycles. The van der Waals surface area contributed by atoms with Gasteiger partial charge in [0.25, 0.3) is 0 Å². The van der Waals surface area contributed by atoms with E-state index in [0.717, 1.165) is 32.4 Å². The zero-order valence-electron chi connectivity index (χ0n) is 10.4. The van der Waals surface area contributed by atoms with E-state index < -0.39 is 18.6 Å². The molecule has 1 aliphatic rings. The summed E-state index contributed by atoms with van der Waals surface area (Å²) in [6.07, 6.45) is -2.20. The van der Waals surface area contributed by atoms with Gasteiger partial charge in [0, 0.05) is 12.6 Å². The number of likely N-dealkylation sites (tertiary alicyclic amines) is 1. The molecule has 108 valence electrons. The van der Waals surface area contributed by atoms with Crippen LogP contribution in [0, 0.1) is 0 Å². The lowest BCUT2D eigenvalue weighted by molar-refractivity contribution is -0.279. The number of hydrogen-bond acceptors (Lipinski definition) is 2. The Balaban J connectivity index is 2.30. The van der Waals surface area contributed by atoms with Gasteiger partial charge in [-0.15, -0.1) is 0 Å². The van der Waals surface area contributed by atoms with Gasteiger partial charge < -0.3 is 10.2 Å². The van der Waals surface area contributed by atoms with Gasteiger partial charge in [0.2, 0.25) is 0 Å². The number of nitrogens with one attached hydrogen (secondary N) is 1. The van der Waals surface area contributed by atoms with Crippen molar-refractivity contribution >= 4 is 0 Å². The Morgan fingerprint density at radius 1 is 1.06 bits per heavy atom. The third-order valence-corrected chi connectivity index (χ3v) is 3.07. The number of rotatable bonds is 5. The molecule has 0 aliphatic carbocycles. The van der Waals surface area contributed by atoms with Crippen LogP contribution in [-0.2, 0) is 0 Å². The summed E-state index contributed by atoms with van der Waals surface area (Å²) in [6, 6.07) is -0.378. The molecule has 1 unspecified atom stereocenters. The molecule has 0 aromatic heterocycles. The second-order valence-corrected chi connectivity index (χ2v) is 4.85. The van der Waals surface area contributed by atoms with E-state index in [0.29, 0.717) is 6.54 Å². The molecule has 0 amide bonds. The number of alkyl halides is 5. The van der Waals surface area contributed by atoms with Crippen LogP contribution in [0.1, 0.15) is 26.2 Å². The molecular formula is C11H19F5N2. The number of piperidine rings is 1. The monoisotopic (exact) mass is 274 g/mol. The van der Waals surface area contributed by atoms with Crippen molar-refractivity contribution in [2.45, 2.75) is 44.3 Å². The predicted octanol–water partition coefficient (Wildman–Crippen LogP) is 2.65. The second kappa shape index (κ2) is 6.14. The second-order valence-electron chi connectivity index (χ2n) is 4.85. The molecule has 7 heteroatoms. The Labute approximate surface area is 104 Å². The number of halogens is 5. The van der Waals surface area contributed by atoms with Crippen molar-refractivity contribution in [3.05, 3.63) is 0 Å². The van der Waals surface area contributed by atoms with Crippen LogP contribution in [0.5, 0.6) is 0 Å². The zero-order valence-corrected chi connectivity index (χ0v) is 10.4. The maximum absolute atomic E-state index is 12.7. The summed E-state index contributed by atoms with van der Waals surface area (Å²) in [4.78, 5) is 2.09. The maximum atomic E-state index is 12.7. The highest BCUT2D eigenvalue weighted by molar-refractivity contribution is 4.81. The van der Waals surface area contributed by atoms with E-state index in [2.05, 4.69) is 10.2 Å². The molecule has 1 fully saturated rings. The van der Waals surface area contributed by atoms with Crippen molar-refractivity contribution in [2.24, 2.45) is 0 Å². The summed E-state index contributed by atoms with van der Waals surface area (Å²) in [7, 11) is 0. The summed E-state index contributed by atoms with van der Waals surface area (Å²) in [5.74, 6) is -4.66. The highest BCUT2D eigenvalue weighted by Gasteiger charge is 2.57. The molecule has 0 bridgehead atoms. The fraction of sp³-hybridized carbons (Fsp3) is 1.00. The maximum Gasteiger partial charge on any atom is 0.454 e. The van der Waals surface area contributed by atoms with Crippen LogP contribution < -0.4 is 5.32 Å². The molecule has 18 heavy (non-hydrogen) atoms. The fourth-order valence-corrected chi connectivity index (χ4v) is 2.00. The molecule has 0 aromatic rings.